The quantitative estimate of drug-likeness (QED) is 0.505. The van der Waals surface area contributed by atoms with Gasteiger partial charge in [0.05, 0.1) is 25.3 Å². The number of carbonyl (C=O) groups is 2. The lowest BCUT2D eigenvalue weighted by atomic mass is 10.2. The number of morpholine rings is 1. The van der Waals surface area contributed by atoms with Crippen LogP contribution in [0.4, 0.5) is 5.69 Å². The van der Waals surface area contributed by atoms with Gasteiger partial charge >= 0.3 is 0 Å². The number of pyridine rings is 1. The van der Waals surface area contributed by atoms with Gasteiger partial charge in [-0.2, -0.15) is 0 Å². The van der Waals surface area contributed by atoms with Crippen LogP contribution in [-0.4, -0.2) is 59.5 Å². The van der Waals surface area contributed by atoms with E-state index in [1.807, 2.05) is 41.8 Å². The summed E-state index contributed by atoms with van der Waals surface area (Å²) in [5.74, 6) is -0.117. The van der Waals surface area contributed by atoms with Crippen LogP contribution in [0.3, 0.4) is 0 Å². The van der Waals surface area contributed by atoms with Crippen LogP contribution in [0.2, 0.25) is 0 Å². The number of ether oxygens (including phenoxy) is 1. The number of nitrogens with one attached hydrogen (secondary N) is 2. The highest BCUT2D eigenvalue weighted by Crippen LogP contribution is 2.22. The first-order valence-electron chi connectivity index (χ1n) is 11.0. The van der Waals surface area contributed by atoms with Gasteiger partial charge in [-0.25, -0.2) is 4.98 Å². The van der Waals surface area contributed by atoms with E-state index in [0.29, 0.717) is 13.0 Å². The summed E-state index contributed by atoms with van der Waals surface area (Å²) in [5.41, 5.74) is 3.33. The maximum Gasteiger partial charge on any atom is 0.226 e. The number of nitrogens with zero attached hydrogens (tertiary/aromatic N) is 3. The molecular weight excluding hydrogens is 438 g/mol. The highest BCUT2D eigenvalue weighted by atomic mass is 32.1. The monoisotopic (exact) mass is 465 g/mol. The molecule has 4 rings (SSSR count). The van der Waals surface area contributed by atoms with Crippen molar-refractivity contribution in [2.24, 2.45) is 0 Å². The van der Waals surface area contributed by atoms with Crippen LogP contribution >= 0.6 is 11.3 Å². The zero-order valence-corrected chi connectivity index (χ0v) is 19.1. The van der Waals surface area contributed by atoms with Crippen molar-refractivity contribution in [3.05, 3.63) is 65.4 Å². The van der Waals surface area contributed by atoms with E-state index in [9.17, 15) is 9.59 Å². The molecule has 0 bridgehead atoms. The maximum atomic E-state index is 12.4. The van der Waals surface area contributed by atoms with E-state index in [0.717, 1.165) is 60.4 Å². The van der Waals surface area contributed by atoms with Crippen LogP contribution in [-0.2, 0) is 27.3 Å². The summed E-state index contributed by atoms with van der Waals surface area (Å²) in [4.78, 5) is 35.6. The van der Waals surface area contributed by atoms with Gasteiger partial charge in [0.25, 0.3) is 0 Å². The molecule has 0 atom stereocenters. The lowest BCUT2D eigenvalue weighted by Gasteiger charge is -2.26. The van der Waals surface area contributed by atoms with Crippen LogP contribution in [0.1, 0.15) is 17.7 Å². The first kappa shape index (κ1) is 23.0. The van der Waals surface area contributed by atoms with Crippen molar-refractivity contribution in [3.63, 3.8) is 0 Å². The summed E-state index contributed by atoms with van der Waals surface area (Å²) in [6, 6.07) is 11.4. The van der Waals surface area contributed by atoms with Gasteiger partial charge in [0, 0.05) is 61.6 Å². The summed E-state index contributed by atoms with van der Waals surface area (Å²) in [5, 5.41) is 8.62. The van der Waals surface area contributed by atoms with Gasteiger partial charge in [-0.15, -0.1) is 11.3 Å². The normalized spacial score (nSPS) is 14.1. The Labute approximate surface area is 197 Å². The second-order valence-electron chi connectivity index (χ2n) is 7.79. The molecule has 0 spiro atoms. The molecule has 0 aliphatic carbocycles. The van der Waals surface area contributed by atoms with Crippen molar-refractivity contribution >= 4 is 28.8 Å². The van der Waals surface area contributed by atoms with Crippen molar-refractivity contribution in [3.8, 4) is 10.6 Å². The van der Waals surface area contributed by atoms with Crippen molar-refractivity contribution in [1.82, 2.24) is 20.2 Å². The first-order valence-corrected chi connectivity index (χ1v) is 11.8. The van der Waals surface area contributed by atoms with Gasteiger partial charge < -0.3 is 15.4 Å². The molecule has 0 saturated carbocycles. The average molecular weight is 466 g/mol. The Kier molecular flexibility index (Phi) is 8.13. The Morgan fingerprint density at radius 2 is 2.00 bits per heavy atom. The number of thiazole rings is 1. The average Bonchev–Trinajstić information content (AvgIpc) is 3.31. The predicted octanol–water partition coefficient (Wildman–Crippen LogP) is 2.72. The zero-order chi connectivity index (χ0) is 22.9. The van der Waals surface area contributed by atoms with Crippen LogP contribution in [0.5, 0.6) is 0 Å². The minimum atomic E-state index is -0.0991. The highest BCUT2D eigenvalue weighted by Gasteiger charge is 2.13. The second kappa shape index (κ2) is 11.6. The fraction of sp³-hybridized carbons (Fsp3) is 0.333. The molecule has 33 heavy (non-hydrogen) atoms. The Bertz CT molecular complexity index is 1070. The van der Waals surface area contributed by atoms with Crippen LogP contribution in [0, 0.1) is 0 Å². The minimum absolute atomic E-state index is 0.0179. The first-order chi connectivity index (χ1) is 16.2. The van der Waals surface area contributed by atoms with E-state index in [4.69, 9.17) is 4.74 Å². The third-order valence-electron chi connectivity index (χ3n) is 5.26. The summed E-state index contributed by atoms with van der Waals surface area (Å²) in [6.45, 7) is 4.30. The fourth-order valence-corrected chi connectivity index (χ4v) is 4.32. The summed E-state index contributed by atoms with van der Waals surface area (Å²) in [7, 11) is 0. The van der Waals surface area contributed by atoms with Gasteiger partial charge in [0.15, 0.2) is 0 Å². The highest BCUT2D eigenvalue weighted by molar-refractivity contribution is 7.13. The molecule has 172 valence electrons. The predicted molar refractivity (Wildman–Crippen MR) is 128 cm³/mol. The molecule has 2 aromatic heterocycles. The molecule has 1 aromatic carbocycles. The van der Waals surface area contributed by atoms with E-state index in [1.165, 1.54) is 11.3 Å². The van der Waals surface area contributed by atoms with Crippen molar-refractivity contribution < 1.29 is 14.3 Å². The minimum Gasteiger partial charge on any atom is -0.379 e. The zero-order valence-electron chi connectivity index (χ0n) is 18.3. The smallest absolute Gasteiger partial charge is 0.226 e. The largest absolute Gasteiger partial charge is 0.379 e. The third kappa shape index (κ3) is 7.18. The lowest BCUT2D eigenvalue weighted by Crippen LogP contribution is -2.38. The number of amides is 2. The topological polar surface area (TPSA) is 96.4 Å². The number of hydrogen-bond donors (Lipinski definition) is 2. The van der Waals surface area contributed by atoms with Gasteiger partial charge in [-0.05, 0) is 29.8 Å². The van der Waals surface area contributed by atoms with E-state index >= 15 is 0 Å². The molecule has 9 heteroatoms. The number of hydrogen-bond acceptors (Lipinski definition) is 7. The lowest BCUT2D eigenvalue weighted by molar-refractivity contribution is -0.120. The second-order valence-corrected chi connectivity index (χ2v) is 8.65. The molecule has 1 aliphatic rings. The number of carbonyl (C=O) groups excluding carboxylic acids is 2. The fourth-order valence-electron chi connectivity index (χ4n) is 3.50. The van der Waals surface area contributed by atoms with Gasteiger partial charge in [0.1, 0.15) is 5.01 Å². The molecule has 1 saturated heterocycles. The third-order valence-corrected chi connectivity index (χ3v) is 6.20. The number of rotatable bonds is 9. The summed E-state index contributed by atoms with van der Waals surface area (Å²) < 4.78 is 5.33. The maximum absolute atomic E-state index is 12.4. The Hall–Kier alpha value is -3.14. The van der Waals surface area contributed by atoms with Crippen molar-refractivity contribution in [2.45, 2.75) is 19.4 Å². The van der Waals surface area contributed by atoms with Gasteiger partial charge in [0.2, 0.25) is 11.8 Å². The summed E-state index contributed by atoms with van der Waals surface area (Å²) in [6.07, 6.45) is 4.14. The Morgan fingerprint density at radius 1 is 1.12 bits per heavy atom. The van der Waals surface area contributed by atoms with E-state index in [1.54, 1.807) is 12.4 Å². The molecular formula is C24H27N5O3S. The van der Waals surface area contributed by atoms with Gasteiger partial charge in [-0.1, -0.05) is 12.1 Å². The van der Waals surface area contributed by atoms with Crippen LogP contribution in [0.15, 0.2) is 54.2 Å². The molecule has 0 unspecified atom stereocenters. The standard InChI is InChI=1S/C24H27N5O3S/c30-22(6-8-29-9-11-32-12-10-29)27-20-5-1-3-18(13-20)15-26-23(31)14-21-17-33-24(28-21)19-4-2-7-25-16-19/h1-5,7,13,16-17H,6,8-12,14-15H2,(H,26,31)(H,27,30). The number of benzene rings is 1. The van der Waals surface area contributed by atoms with Crippen LogP contribution < -0.4 is 10.6 Å². The van der Waals surface area contributed by atoms with E-state index in [-0.39, 0.29) is 18.2 Å². The molecule has 3 aromatic rings. The summed E-state index contributed by atoms with van der Waals surface area (Å²) >= 11 is 1.50. The molecule has 3 heterocycles. The van der Waals surface area contributed by atoms with Crippen LogP contribution in [0.25, 0.3) is 10.6 Å². The SMILES string of the molecule is O=C(Cc1csc(-c2cccnc2)n1)NCc1cccc(NC(=O)CCN2CCOCC2)c1. The molecule has 2 amide bonds. The Balaban J connectivity index is 1.22. The van der Waals surface area contributed by atoms with E-state index in [2.05, 4.69) is 25.5 Å². The Morgan fingerprint density at radius 3 is 2.82 bits per heavy atom. The molecule has 1 aliphatic heterocycles. The molecule has 2 N–H and O–H groups in total. The van der Waals surface area contributed by atoms with Crippen molar-refractivity contribution in [2.75, 3.05) is 38.2 Å². The van der Waals surface area contributed by atoms with Gasteiger partial charge in [-0.3, -0.25) is 19.5 Å². The molecule has 0 radical (unpaired) electrons. The number of anilines is 1. The molecule has 1 fully saturated rings. The van der Waals surface area contributed by atoms with Crippen molar-refractivity contribution in [1.29, 1.82) is 0 Å². The number of aromatic nitrogens is 2. The molecule has 8 nitrogen and oxygen atoms in total. The van der Waals surface area contributed by atoms with E-state index < -0.39 is 0 Å².